The summed E-state index contributed by atoms with van der Waals surface area (Å²) in [4.78, 5) is 24.5. The van der Waals surface area contributed by atoms with Gasteiger partial charge in [0.1, 0.15) is 11.5 Å². The van der Waals surface area contributed by atoms with E-state index >= 15 is 0 Å². The average molecular weight is 375 g/mol. The van der Waals surface area contributed by atoms with Gasteiger partial charge in [-0.05, 0) is 44.0 Å². The van der Waals surface area contributed by atoms with Gasteiger partial charge in [-0.25, -0.2) is 0 Å². The van der Waals surface area contributed by atoms with Crippen molar-refractivity contribution in [3.05, 3.63) is 24.3 Å². The molecule has 1 aliphatic rings. The molecule has 0 spiro atoms. The highest BCUT2D eigenvalue weighted by atomic mass is 35.5. The number of ether oxygens (including phenoxy) is 1. The van der Waals surface area contributed by atoms with Crippen LogP contribution in [0, 0.1) is 0 Å². The van der Waals surface area contributed by atoms with Crippen LogP contribution in [0.5, 0.6) is 11.5 Å². The zero-order valence-electron chi connectivity index (χ0n) is 13.2. The normalized spacial score (nSPS) is 16.8. The first-order valence-corrected chi connectivity index (χ1v) is 8.57. The van der Waals surface area contributed by atoms with Crippen LogP contribution in [0.25, 0.3) is 0 Å². The molecule has 132 valence electrons. The number of halogens is 2. The largest absolute Gasteiger partial charge is 0.508 e. The van der Waals surface area contributed by atoms with E-state index in [1.165, 1.54) is 12.1 Å². The molecule has 2 rings (SSSR count). The molecule has 0 saturated carbocycles. The number of carbonyl (C=O) groups is 2. The molecule has 1 aromatic rings. The number of piperidine rings is 1. The van der Waals surface area contributed by atoms with Gasteiger partial charge in [0.2, 0.25) is 0 Å². The summed E-state index contributed by atoms with van der Waals surface area (Å²) in [5, 5.41) is 12.0. The number of nitrogens with one attached hydrogen (secondary N) is 1. The smallest absolute Gasteiger partial charge is 0.263 e. The summed E-state index contributed by atoms with van der Waals surface area (Å²) in [7, 11) is 0. The van der Waals surface area contributed by atoms with E-state index in [0.717, 1.165) is 0 Å². The van der Waals surface area contributed by atoms with Crippen molar-refractivity contribution >= 4 is 35.0 Å². The number of hydrogen-bond acceptors (Lipinski definition) is 4. The minimum absolute atomic E-state index is 0.0325. The second-order valence-corrected chi connectivity index (χ2v) is 6.76. The molecule has 2 N–H and O–H groups in total. The first-order valence-electron chi connectivity index (χ1n) is 7.70. The third-order valence-corrected chi connectivity index (χ3v) is 4.24. The van der Waals surface area contributed by atoms with Crippen LogP contribution < -0.4 is 10.1 Å². The Labute approximate surface area is 150 Å². The van der Waals surface area contributed by atoms with Gasteiger partial charge >= 0.3 is 0 Å². The minimum Gasteiger partial charge on any atom is -0.508 e. The fourth-order valence-electron chi connectivity index (χ4n) is 2.54. The lowest BCUT2D eigenvalue weighted by Crippen LogP contribution is -2.50. The molecule has 1 aliphatic heterocycles. The zero-order chi connectivity index (χ0) is 17.7. The maximum atomic E-state index is 12.4. The summed E-state index contributed by atoms with van der Waals surface area (Å²) < 4.78 is 5.60. The van der Waals surface area contributed by atoms with E-state index in [-0.39, 0.29) is 17.7 Å². The quantitative estimate of drug-likeness (QED) is 0.773. The minimum atomic E-state index is -1.08. The Hall–Kier alpha value is -1.66. The second kappa shape index (κ2) is 8.44. The lowest BCUT2D eigenvalue weighted by Gasteiger charge is -2.34. The summed E-state index contributed by atoms with van der Waals surface area (Å²) >= 11 is 11.0. The van der Waals surface area contributed by atoms with Gasteiger partial charge in [-0.3, -0.25) is 9.59 Å². The van der Waals surface area contributed by atoms with Crippen molar-refractivity contribution in [1.29, 1.82) is 0 Å². The highest BCUT2D eigenvalue weighted by Crippen LogP contribution is 2.19. The molecule has 1 saturated heterocycles. The Morgan fingerprint density at radius 3 is 2.38 bits per heavy atom. The Morgan fingerprint density at radius 2 is 1.83 bits per heavy atom. The molecule has 8 heteroatoms. The van der Waals surface area contributed by atoms with Crippen LogP contribution in [0.4, 0.5) is 0 Å². The SMILES string of the molecule is CC(Oc1ccc(O)cc1)C(=O)N1CCC(NC(=O)C(Cl)Cl)CC1. The highest BCUT2D eigenvalue weighted by Gasteiger charge is 2.28. The third-order valence-electron chi connectivity index (χ3n) is 3.85. The van der Waals surface area contributed by atoms with Crippen molar-refractivity contribution in [2.45, 2.75) is 36.7 Å². The lowest BCUT2D eigenvalue weighted by molar-refractivity contribution is -0.139. The van der Waals surface area contributed by atoms with Gasteiger partial charge in [-0.15, -0.1) is 0 Å². The number of rotatable bonds is 5. The van der Waals surface area contributed by atoms with Crippen molar-refractivity contribution in [3.8, 4) is 11.5 Å². The maximum absolute atomic E-state index is 12.4. The number of hydrogen-bond donors (Lipinski definition) is 2. The van der Waals surface area contributed by atoms with E-state index in [1.807, 2.05) is 0 Å². The molecule has 2 amide bonds. The number of likely N-dealkylation sites (tertiary alicyclic amines) is 1. The monoisotopic (exact) mass is 374 g/mol. The number of alkyl halides is 2. The summed E-state index contributed by atoms with van der Waals surface area (Å²) in [6.45, 7) is 2.75. The Morgan fingerprint density at radius 1 is 1.25 bits per heavy atom. The predicted molar refractivity (Wildman–Crippen MR) is 91.4 cm³/mol. The third kappa shape index (κ3) is 5.18. The van der Waals surface area contributed by atoms with Crippen molar-refractivity contribution in [2.24, 2.45) is 0 Å². The second-order valence-electron chi connectivity index (χ2n) is 5.66. The van der Waals surface area contributed by atoms with Crippen molar-refractivity contribution < 1.29 is 19.4 Å². The summed E-state index contributed by atoms with van der Waals surface area (Å²) in [6, 6.07) is 6.18. The summed E-state index contributed by atoms with van der Waals surface area (Å²) in [5.41, 5.74) is 0. The molecule has 1 unspecified atom stereocenters. The first-order chi connectivity index (χ1) is 11.4. The molecule has 1 atom stereocenters. The lowest BCUT2D eigenvalue weighted by atomic mass is 10.0. The maximum Gasteiger partial charge on any atom is 0.263 e. The Balaban J connectivity index is 1.81. The van der Waals surface area contributed by atoms with E-state index in [9.17, 15) is 14.7 Å². The first kappa shape index (κ1) is 18.7. The Kier molecular flexibility index (Phi) is 6.57. The predicted octanol–water partition coefficient (Wildman–Crippen LogP) is 2.07. The fraction of sp³-hybridized carbons (Fsp3) is 0.500. The summed E-state index contributed by atoms with van der Waals surface area (Å²) in [5.74, 6) is 0.139. The Bertz CT molecular complexity index is 572. The van der Waals surface area contributed by atoms with E-state index in [0.29, 0.717) is 31.7 Å². The van der Waals surface area contributed by atoms with Crippen molar-refractivity contribution in [3.63, 3.8) is 0 Å². The number of phenols is 1. The van der Waals surface area contributed by atoms with E-state index in [2.05, 4.69) is 5.32 Å². The van der Waals surface area contributed by atoms with Crippen molar-refractivity contribution in [1.82, 2.24) is 10.2 Å². The molecule has 6 nitrogen and oxygen atoms in total. The molecule has 0 radical (unpaired) electrons. The van der Waals surface area contributed by atoms with Crippen LogP contribution in [-0.4, -0.2) is 51.9 Å². The molecule has 24 heavy (non-hydrogen) atoms. The van der Waals surface area contributed by atoms with Gasteiger partial charge < -0.3 is 20.1 Å². The fourth-order valence-corrected chi connectivity index (χ4v) is 2.67. The number of amides is 2. The molecule has 1 fully saturated rings. The molecule has 0 bridgehead atoms. The number of phenolic OH excluding ortho intramolecular Hbond substituents is 1. The number of carbonyl (C=O) groups excluding carboxylic acids is 2. The van der Waals surface area contributed by atoms with E-state index in [1.54, 1.807) is 24.0 Å². The van der Waals surface area contributed by atoms with Gasteiger partial charge in [-0.1, -0.05) is 23.2 Å². The van der Waals surface area contributed by atoms with Crippen molar-refractivity contribution in [2.75, 3.05) is 13.1 Å². The van der Waals surface area contributed by atoms with Crippen LogP contribution in [0.3, 0.4) is 0 Å². The van der Waals surface area contributed by atoms with E-state index in [4.69, 9.17) is 27.9 Å². The standard InChI is InChI=1S/C16H20Cl2N2O4/c1-10(24-13-4-2-12(21)3-5-13)16(23)20-8-6-11(7-9-20)19-15(22)14(17)18/h2-5,10-11,14,21H,6-9H2,1H3,(H,19,22). The molecular weight excluding hydrogens is 355 g/mol. The molecule has 1 aromatic carbocycles. The molecule has 0 aliphatic carbocycles. The molecular formula is C16H20Cl2N2O4. The van der Waals surface area contributed by atoms with E-state index < -0.39 is 16.8 Å². The number of nitrogens with zero attached hydrogens (tertiary/aromatic N) is 1. The van der Waals surface area contributed by atoms with Gasteiger partial charge in [-0.2, -0.15) is 0 Å². The van der Waals surface area contributed by atoms with Gasteiger partial charge in [0.25, 0.3) is 11.8 Å². The number of benzene rings is 1. The van der Waals surface area contributed by atoms with Gasteiger partial charge in [0.05, 0.1) is 0 Å². The molecule has 0 aromatic heterocycles. The number of aromatic hydroxyl groups is 1. The average Bonchev–Trinajstić information content (AvgIpc) is 2.56. The van der Waals surface area contributed by atoms with Crippen LogP contribution >= 0.6 is 23.2 Å². The molecule has 1 heterocycles. The summed E-state index contributed by atoms with van der Waals surface area (Å²) in [6.07, 6.45) is 0.657. The van der Waals surface area contributed by atoms with Crippen LogP contribution in [-0.2, 0) is 9.59 Å². The van der Waals surface area contributed by atoms with Crippen LogP contribution in [0.2, 0.25) is 0 Å². The van der Waals surface area contributed by atoms with Gasteiger partial charge in [0.15, 0.2) is 10.9 Å². The van der Waals surface area contributed by atoms with Crippen LogP contribution in [0.15, 0.2) is 24.3 Å². The zero-order valence-corrected chi connectivity index (χ0v) is 14.8. The van der Waals surface area contributed by atoms with Gasteiger partial charge in [0, 0.05) is 19.1 Å². The highest BCUT2D eigenvalue weighted by molar-refractivity contribution is 6.53. The topological polar surface area (TPSA) is 78.9 Å². The van der Waals surface area contributed by atoms with Crippen LogP contribution in [0.1, 0.15) is 19.8 Å².